The van der Waals surface area contributed by atoms with Crippen molar-refractivity contribution in [3.8, 4) is 16.9 Å². The summed E-state index contributed by atoms with van der Waals surface area (Å²) in [4.78, 5) is 27.1. The normalized spacial score (nSPS) is 16.2. The van der Waals surface area contributed by atoms with Crippen LogP contribution in [0.2, 0.25) is 0 Å². The zero-order valence-electron chi connectivity index (χ0n) is 18.6. The second-order valence-electron chi connectivity index (χ2n) is 8.49. The van der Waals surface area contributed by atoms with Gasteiger partial charge in [-0.2, -0.15) is 0 Å². The third-order valence-electron chi connectivity index (χ3n) is 6.17. The average Bonchev–Trinajstić information content (AvgIpc) is 3.26. The van der Waals surface area contributed by atoms with Crippen molar-refractivity contribution in [2.24, 2.45) is 0 Å². The Labute approximate surface area is 191 Å². The number of aromatic amines is 1. The van der Waals surface area contributed by atoms with Crippen LogP contribution < -0.4 is 4.74 Å². The molecule has 1 atom stereocenters. The Morgan fingerprint density at radius 3 is 2.70 bits per heavy atom. The number of benzene rings is 2. The molecule has 0 aliphatic carbocycles. The van der Waals surface area contributed by atoms with E-state index in [9.17, 15) is 9.18 Å². The molecular weight excluding hydrogens is 419 g/mol. The number of fused-ring (bicyclic) bond motifs is 1. The van der Waals surface area contributed by atoms with Crippen molar-refractivity contribution in [2.45, 2.75) is 25.7 Å². The summed E-state index contributed by atoms with van der Waals surface area (Å²) in [6, 6.07) is 16.5. The van der Waals surface area contributed by atoms with Crippen LogP contribution in [0.15, 0.2) is 54.6 Å². The van der Waals surface area contributed by atoms with Gasteiger partial charge in [0.1, 0.15) is 11.6 Å². The van der Waals surface area contributed by atoms with Crippen LogP contribution in [0.25, 0.3) is 22.2 Å². The van der Waals surface area contributed by atoms with Gasteiger partial charge < -0.3 is 14.6 Å². The van der Waals surface area contributed by atoms with Crippen LogP contribution in [-0.2, 0) is 0 Å². The molecule has 0 radical (unpaired) electrons. The van der Waals surface area contributed by atoms with Crippen LogP contribution in [0.4, 0.5) is 4.39 Å². The molecule has 1 aliphatic heterocycles. The van der Waals surface area contributed by atoms with Crippen LogP contribution in [0.1, 0.15) is 40.8 Å². The molecule has 4 aromatic rings. The van der Waals surface area contributed by atoms with E-state index in [1.807, 2.05) is 36.1 Å². The minimum absolute atomic E-state index is 0.140. The number of likely N-dealkylation sites (tertiary alicyclic amines) is 1. The molecular formula is C26H25FN4O2. The molecule has 5 rings (SSSR count). The van der Waals surface area contributed by atoms with Crippen LogP contribution in [0.5, 0.6) is 5.75 Å². The van der Waals surface area contributed by atoms with Gasteiger partial charge in [0.05, 0.1) is 18.1 Å². The Hall–Kier alpha value is -3.74. The maximum Gasteiger partial charge on any atom is 0.289 e. The van der Waals surface area contributed by atoms with Gasteiger partial charge in [0.25, 0.3) is 5.91 Å². The quantitative estimate of drug-likeness (QED) is 0.475. The number of imidazole rings is 1. The summed E-state index contributed by atoms with van der Waals surface area (Å²) >= 11 is 0. The van der Waals surface area contributed by atoms with Crippen LogP contribution in [0, 0.1) is 12.7 Å². The molecule has 0 saturated carbocycles. The second-order valence-corrected chi connectivity index (χ2v) is 8.49. The number of halogens is 1. The number of hydrogen-bond acceptors (Lipinski definition) is 4. The number of aromatic nitrogens is 3. The molecule has 1 saturated heterocycles. The van der Waals surface area contributed by atoms with Crippen molar-refractivity contribution in [1.82, 2.24) is 19.9 Å². The number of nitrogens with one attached hydrogen (secondary N) is 1. The number of hydrogen-bond donors (Lipinski definition) is 1. The minimum atomic E-state index is -0.360. The van der Waals surface area contributed by atoms with Crippen molar-refractivity contribution in [3.05, 3.63) is 77.6 Å². The average molecular weight is 445 g/mol. The van der Waals surface area contributed by atoms with Crippen LogP contribution in [-0.4, -0.2) is 46.0 Å². The second kappa shape index (κ2) is 8.65. The van der Waals surface area contributed by atoms with Gasteiger partial charge >= 0.3 is 0 Å². The SMILES string of the molecule is COc1ccc(-c2cc(C)nc(C3CCCN(C(=O)c4nc5ccc(F)cc5[nH]4)C3)c2)cc1. The number of rotatable bonds is 4. The fourth-order valence-electron chi connectivity index (χ4n) is 4.49. The standard InChI is InChI=1S/C26H25FN4O2/c1-16-12-19(17-5-8-21(33-2)9-6-17)13-23(28-16)18-4-3-11-31(15-18)26(32)25-29-22-10-7-20(27)14-24(22)30-25/h5-10,12-14,18H,3-4,11,15H2,1-2H3,(H,29,30). The molecule has 6 nitrogen and oxygen atoms in total. The van der Waals surface area contributed by atoms with E-state index in [1.54, 1.807) is 13.2 Å². The lowest BCUT2D eigenvalue weighted by Crippen LogP contribution is -2.39. The number of carbonyl (C=O) groups is 1. The predicted octanol–water partition coefficient (Wildman–Crippen LogP) is 5.10. The number of piperidine rings is 1. The zero-order valence-corrected chi connectivity index (χ0v) is 18.6. The monoisotopic (exact) mass is 444 g/mol. The predicted molar refractivity (Wildman–Crippen MR) is 125 cm³/mol. The third kappa shape index (κ3) is 4.31. The van der Waals surface area contributed by atoms with E-state index in [1.165, 1.54) is 12.1 Å². The number of carbonyl (C=O) groups excluding carboxylic acids is 1. The molecule has 168 valence electrons. The van der Waals surface area contributed by atoms with Crippen molar-refractivity contribution < 1.29 is 13.9 Å². The maximum atomic E-state index is 13.5. The number of nitrogens with zero attached hydrogens (tertiary/aromatic N) is 3. The number of H-pyrrole nitrogens is 1. The van der Waals surface area contributed by atoms with E-state index in [0.717, 1.165) is 41.1 Å². The molecule has 1 aliphatic rings. The Morgan fingerprint density at radius 2 is 1.91 bits per heavy atom. The molecule has 1 amide bonds. The highest BCUT2D eigenvalue weighted by Gasteiger charge is 2.28. The lowest BCUT2D eigenvalue weighted by molar-refractivity contribution is 0.0695. The first-order valence-corrected chi connectivity index (χ1v) is 11.1. The first-order valence-electron chi connectivity index (χ1n) is 11.1. The van der Waals surface area contributed by atoms with Crippen LogP contribution in [0.3, 0.4) is 0 Å². The number of pyridine rings is 1. The van der Waals surface area contributed by atoms with Gasteiger partial charge in [0, 0.05) is 30.4 Å². The van der Waals surface area contributed by atoms with Crippen molar-refractivity contribution in [2.75, 3.05) is 20.2 Å². The number of ether oxygens (including phenoxy) is 1. The van der Waals surface area contributed by atoms with Crippen molar-refractivity contribution >= 4 is 16.9 Å². The summed E-state index contributed by atoms with van der Waals surface area (Å²) in [6.45, 7) is 3.23. The molecule has 2 aromatic heterocycles. The summed E-state index contributed by atoms with van der Waals surface area (Å²) in [5.74, 6) is 0.675. The van der Waals surface area contributed by atoms with E-state index in [-0.39, 0.29) is 23.5 Å². The van der Waals surface area contributed by atoms with Gasteiger partial charge in [-0.3, -0.25) is 9.78 Å². The Bertz CT molecular complexity index is 1320. The number of methoxy groups -OCH3 is 1. The molecule has 2 aromatic carbocycles. The molecule has 1 N–H and O–H groups in total. The van der Waals surface area contributed by atoms with Gasteiger partial charge in [0.2, 0.25) is 0 Å². The first-order chi connectivity index (χ1) is 16.0. The van der Waals surface area contributed by atoms with Crippen molar-refractivity contribution in [1.29, 1.82) is 0 Å². The molecule has 0 bridgehead atoms. The number of amides is 1. The fourth-order valence-corrected chi connectivity index (χ4v) is 4.49. The lowest BCUT2D eigenvalue weighted by atomic mass is 9.92. The van der Waals surface area contributed by atoms with Gasteiger partial charge in [-0.25, -0.2) is 9.37 Å². The fraction of sp³-hybridized carbons (Fsp3) is 0.269. The summed E-state index contributed by atoms with van der Waals surface area (Å²) < 4.78 is 18.8. The molecule has 1 fully saturated rings. The Kier molecular flexibility index (Phi) is 5.54. The summed E-state index contributed by atoms with van der Waals surface area (Å²) in [7, 11) is 1.66. The minimum Gasteiger partial charge on any atom is -0.497 e. The van der Waals surface area contributed by atoms with Gasteiger partial charge in [0.15, 0.2) is 5.82 Å². The smallest absolute Gasteiger partial charge is 0.289 e. The van der Waals surface area contributed by atoms with Gasteiger partial charge in [-0.05, 0) is 73.4 Å². The van der Waals surface area contributed by atoms with E-state index < -0.39 is 0 Å². The summed E-state index contributed by atoms with van der Waals surface area (Å²) in [5.41, 5.74) is 5.24. The summed E-state index contributed by atoms with van der Waals surface area (Å²) in [6.07, 6.45) is 1.85. The zero-order chi connectivity index (χ0) is 22.9. The largest absolute Gasteiger partial charge is 0.497 e. The lowest BCUT2D eigenvalue weighted by Gasteiger charge is -2.32. The molecule has 7 heteroatoms. The highest BCUT2D eigenvalue weighted by Crippen LogP contribution is 2.31. The molecule has 1 unspecified atom stereocenters. The van der Waals surface area contributed by atoms with E-state index in [2.05, 4.69) is 22.1 Å². The Morgan fingerprint density at radius 1 is 1.09 bits per heavy atom. The van der Waals surface area contributed by atoms with Crippen LogP contribution >= 0.6 is 0 Å². The Balaban J connectivity index is 1.38. The topological polar surface area (TPSA) is 71.1 Å². The highest BCUT2D eigenvalue weighted by atomic mass is 19.1. The summed E-state index contributed by atoms with van der Waals surface area (Å²) in [5, 5.41) is 0. The third-order valence-corrected chi connectivity index (χ3v) is 6.17. The number of aryl methyl sites for hydroxylation is 1. The van der Waals surface area contributed by atoms with Gasteiger partial charge in [-0.15, -0.1) is 0 Å². The van der Waals surface area contributed by atoms with Crippen molar-refractivity contribution in [3.63, 3.8) is 0 Å². The van der Waals surface area contributed by atoms with E-state index in [4.69, 9.17) is 9.72 Å². The first kappa shape index (κ1) is 21.1. The van der Waals surface area contributed by atoms with E-state index >= 15 is 0 Å². The maximum absolute atomic E-state index is 13.5. The van der Waals surface area contributed by atoms with E-state index in [0.29, 0.717) is 24.1 Å². The molecule has 33 heavy (non-hydrogen) atoms. The highest BCUT2D eigenvalue weighted by molar-refractivity contribution is 5.94. The molecule has 0 spiro atoms. The molecule has 3 heterocycles. The van der Waals surface area contributed by atoms with Gasteiger partial charge in [-0.1, -0.05) is 12.1 Å².